The fourth-order valence-electron chi connectivity index (χ4n) is 11.6. The molecule has 0 radical (unpaired) electrons. The Morgan fingerprint density at radius 3 is 1.65 bits per heavy atom. The van der Waals surface area contributed by atoms with Crippen LogP contribution in [-0.2, 0) is 29.7 Å². The van der Waals surface area contributed by atoms with Crippen LogP contribution in [0.5, 0.6) is 0 Å². The van der Waals surface area contributed by atoms with Gasteiger partial charge in [-0.1, -0.05) is 65.9 Å². The van der Waals surface area contributed by atoms with E-state index in [-0.39, 0.29) is 52.0 Å². The Labute approximate surface area is 625 Å². The summed E-state index contributed by atoms with van der Waals surface area (Å²) in [4.78, 5) is 74.4. The number of fused-ring (bicyclic) bond motifs is 1. The molecular weight excluding hydrogens is 1430 g/mol. The number of halogens is 9. The number of nitrogens with one attached hydrogen (secondary N) is 4. The van der Waals surface area contributed by atoms with E-state index in [1.54, 1.807) is 113 Å². The molecule has 0 unspecified atom stereocenters. The third-order valence-electron chi connectivity index (χ3n) is 17.5. The van der Waals surface area contributed by atoms with Crippen molar-refractivity contribution in [3.05, 3.63) is 279 Å². The highest BCUT2D eigenvalue weighted by Crippen LogP contribution is 2.37. The van der Waals surface area contributed by atoms with Crippen molar-refractivity contribution in [1.82, 2.24) is 44.6 Å². The predicted molar refractivity (Wildman–Crippen MR) is 397 cm³/mol. The van der Waals surface area contributed by atoms with Gasteiger partial charge in [-0.15, -0.1) is 0 Å². The van der Waals surface area contributed by atoms with Crippen molar-refractivity contribution >= 4 is 63.0 Å². The molecule has 11 aromatic rings. The van der Waals surface area contributed by atoms with Crippen molar-refractivity contribution in [3.8, 4) is 41.2 Å². The lowest BCUT2D eigenvalue weighted by atomic mass is 10.0. The number of pyridine rings is 2. The van der Waals surface area contributed by atoms with Crippen molar-refractivity contribution in [2.45, 2.75) is 78.0 Å². The van der Waals surface area contributed by atoms with Gasteiger partial charge in [0.1, 0.15) is 12.1 Å². The zero-order valence-electron chi connectivity index (χ0n) is 59.3. The summed E-state index contributed by atoms with van der Waals surface area (Å²) >= 11 is 0. The first kappa shape index (κ1) is 78.0. The molecule has 2 aliphatic rings. The number of aryl methyl sites for hydroxylation is 3. The Kier molecular flexibility index (Phi) is 24.6. The lowest BCUT2D eigenvalue weighted by Crippen LogP contribution is -2.22. The van der Waals surface area contributed by atoms with Crippen LogP contribution < -0.4 is 26.2 Å². The first-order chi connectivity index (χ1) is 52.5. The molecule has 558 valence electrons. The summed E-state index contributed by atoms with van der Waals surface area (Å²) in [5, 5.41) is 29.2. The van der Waals surface area contributed by atoms with Gasteiger partial charge >= 0.3 is 18.5 Å². The van der Waals surface area contributed by atoms with Crippen molar-refractivity contribution in [2.75, 3.05) is 58.9 Å². The van der Waals surface area contributed by atoms with Gasteiger partial charge < -0.3 is 40.7 Å². The standard InChI is InChI=1S/C30H27F3N6O.C27H19F3N4O2.C25H21F3N4O2/c1-21-4-6-24(14-23(21)7-5-22-8-10-35-36-18-22)29(40)37-27-15-25(30(31,32)33)16-28(17-27)39-19-26(34-20-39)9-13-38-11-2-3-12-38;1-16-6-7-19(26(36)34-25-13-21(10-11-32-25)27(28,29)30)12-18(16)8-9-20-14-31-15-23-22(20)4-3-5-24(23)33-17(2)35;1-16-2-4-19(8-18(16)5-3-17-12-29-15-30-13-17)24(34)31-21-9-20(25(26,27)28)10-22(11-21)32-7-6-23(33)14-32/h4,6,8,10,14-20H,2-3,9,11-13H2,1H3,(H,37,40);3-7,10-15H,1-2H3,(H,33,35)(H,32,34,36);2,4,8-13,15,23,33H,6-7,14H2,1H3,(H,31,34)/t;;23-/m..0/s1. The zero-order valence-corrected chi connectivity index (χ0v) is 59.3. The molecule has 2 saturated heterocycles. The SMILES string of the molecule is CC(=O)Nc1cccc2c(C#Cc3cc(C(=O)Nc4cc(C(F)(F)F)ccn4)ccc3C)cncc12.Cc1ccc(C(=O)Nc2cc(-n3cnc(CCN4CCCC4)c3)cc(C(F)(F)F)c2)cc1C#Cc1ccnnc1.Cc1ccc(C(=O)Nc2cc(N3CC[C@H](O)C3)cc(C(F)(F)F)c2)cc1C#Cc1cncnc1. The maximum atomic E-state index is 13.8. The number of amides is 4. The van der Waals surface area contributed by atoms with Crippen LogP contribution in [0.15, 0.2) is 190 Å². The first-order valence-corrected chi connectivity index (χ1v) is 34.2. The number of nitrogens with zero attached hydrogens (tertiary/aromatic N) is 10. The average Bonchev–Trinajstić information content (AvgIpc) is 1.64. The Balaban J connectivity index is 0.000000164. The number of hydrogen-bond acceptors (Lipinski definition) is 14. The van der Waals surface area contributed by atoms with Gasteiger partial charge in [0.25, 0.3) is 17.7 Å². The van der Waals surface area contributed by atoms with Crippen LogP contribution in [0.3, 0.4) is 0 Å². The molecule has 1 atom stereocenters. The third-order valence-corrected chi connectivity index (χ3v) is 17.5. The van der Waals surface area contributed by atoms with Crippen LogP contribution in [0, 0.1) is 56.3 Å². The Bertz CT molecular complexity index is 5440. The monoisotopic (exact) mass is 1500 g/mol. The molecule has 0 aliphatic carbocycles. The van der Waals surface area contributed by atoms with Gasteiger partial charge in [-0.2, -0.15) is 49.7 Å². The van der Waals surface area contributed by atoms with Crippen LogP contribution in [0.25, 0.3) is 16.5 Å². The quantitative estimate of drug-likeness (QED) is 0.0565. The number of aliphatic hydroxyl groups is 1. The number of hydrogen-bond donors (Lipinski definition) is 5. The number of rotatable bonds is 12. The number of carbonyl (C=O) groups is 4. The number of carbonyl (C=O) groups excluding carboxylic acids is 4. The summed E-state index contributed by atoms with van der Waals surface area (Å²) in [6, 6.07) is 30.4. The zero-order chi connectivity index (χ0) is 78.3. The number of benzene rings is 6. The van der Waals surface area contributed by atoms with E-state index in [1.165, 1.54) is 56.9 Å². The van der Waals surface area contributed by atoms with Crippen LogP contribution in [-0.4, -0.2) is 112 Å². The highest BCUT2D eigenvalue weighted by molar-refractivity contribution is 6.07. The number of alkyl halides is 9. The Morgan fingerprint density at radius 1 is 0.518 bits per heavy atom. The molecule has 2 fully saturated rings. The minimum atomic E-state index is -4.59. The number of likely N-dealkylation sites (tertiary alicyclic amines) is 1. The van der Waals surface area contributed by atoms with E-state index in [0.29, 0.717) is 64.1 Å². The van der Waals surface area contributed by atoms with Crippen LogP contribution in [0.2, 0.25) is 0 Å². The van der Waals surface area contributed by atoms with Gasteiger partial charge in [-0.05, 0) is 167 Å². The molecule has 2 aliphatic heterocycles. The molecule has 13 rings (SSSR count). The summed E-state index contributed by atoms with van der Waals surface area (Å²) < 4.78 is 122. The Hall–Kier alpha value is -13.1. The number of aliphatic hydroxyl groups excluding tert-OH is 1. The molecular formula is C82H67F9N14O5. The lowest BCUT2D eigenvalue weighted by molar-refractivity contribution is -0.138. The van der Waals surface area contributed by atoms with E-state index in [1.807, 2.05) is 26.8 Å². The summed E-state index contributed by atoms with van der Waals surface area (Å²) in [6.07, 6.45) is 4.31. The maximum absolute atomic E-state index is 13.8. The molecule has 4 amide bonds. The minimum absolute atomic E-state index is 0.0193. The Morgan fingerprint density at radius 2 is 1.08 bits per heavy atom. The van der Waals surface area contributed by atoms with Gasteiger partial charge in [-0.3, -0.25) is 24.2 Å². The maximum Gasteiger partial charge on any atom is 0.416 e. The van der Waals surface area contributed by atoms with E-state index < -0.39 is 59.0 Å². The summed E-state index contributed by atoms with van der Waals surface area (Å²) in [6.45, 7) is 10.6. The van der Waals surface area contributed by atoms with E-state index in [9.17, 15) is 63.8 Å². The van der Waals surface area contributed by atoms with Crippen LogP contribution in [0.1, 0.15) is 130 Å². The number of aromatic nitrogens is 8. The van der Waals surface area contributed by atoms with Crippen molar-refractivity contribution in [3.63, 3.8) is 0 Å². The fourth-order valence-corrected chi connectivity index (χ4v) is 11.6. The molecule has 110 heavy (non-hydrogen) atoms. The van der Waals surface area contributed by atoms with Crippen molar-refractivity contribution in [1.29, 1.82) is 0 Å². The molecule has 19 nitrogen and oxygen atoms in total. The number of anilines is 5. The van der Waals surface area contributed by atoms with Crippen LogP contribution >= 0.6 is 0 Å². The normalized spacial score (nSPS) is 13.3. The van der Waals surface area contributed by atoms with E-state index in [4.69, 9.17) is 0 Å². The molecule has 6 aromatic carbocycles. The summed E-state index contributed by atoms with van der Waals surface area (Å²) in [5.41, 5.74) is 6.31. The minimum Gasteiger partial charge on any atom is -0.391 e. The van der Waals surface area contributed by atoms with E-state index in [0.717, 1.165) is 95.4 Å². The molecule has 5 aromatic heterocycles. The molecule has 0 spiro atoms. The highest BCUT2D eigenvalue weighted by Gasteiger charge is 2.35. The molecule has 0 saturated carbocycles. The van der Waals surface area contributed by atoms with Crippen LogP contribution in [0.4, 0.5) is 68.1 Å². The highest BCUT2D eigenvalue weighted by atomic mass is 19.4. The first-order valence-electron chi connectivity index (χ1n) is 34.2. The number of imidazole rings is 1. The summed E-state index contributed by atoms with van der Waals surface area (Å²) in [7, 11) is 0. The van der Waals surface area contributed by atoms with E-state index >= 15 is 0 Å². The average molecular weight is 1500 g/mol. The molecule has 7 heterocycles. The second-order valence-corrected chi connectivity index (χ2v) is 25.6. The van der Waals surface area contributed by atoms with Crippen molar-refractivity contribution in [2.24, 2.45) is 0 Å². The predicted octanol–water partition coefficient (Wildman–Crippen LogP) is 14.9. The van der Waals surface area contributed by atoms with Gasteiger partial charge in [0, 0.05) is 143 Å². The fraction of sp³-hybridized carbons (Fsp3) is 0.207. The van der Waals surface area contributed by atoms with E-state index in [2.05, 4.69) is 96.8 Å². The second kappa shape index (κ2) is 34.6. The second-order valence-electron chi connectivity index (χ2n) is 25.6. The largest absolute Gasteiger partial charge is 0.416 e. The van der Waals surface area contributed by atoms with Gasteiger partial charge in [0.05, 0.1) is 64.0 Å². The van der Waals surface area contributed by atoms with Gasteiger partial charge in [0.2, 0.25) is 5.91 Å². The number of β-amino-alcohol motifs (C(OH)–C–C–N with tert-alkyl or cyclic N) is 1. The topological polar surface area (TPSA) is 238 Å². The molecule has 28 heteroatoms. The van der Waals surface area contributed by atoms with Gasteiger partial charge in [0.15, 0.2) is 0 Å². The van der Waals surface area contributed by atoms with Crippen molar-refractivity contribution < 1.29 is 63.8 Å². The third kappa shape index (κ3) is 21.2. The van der Waals surface area contributed by atoms with Gasteiger partial charge in [-0.25, -0.2) is 19.9 Å². The summed E-state index contributed by atoms with van der Waals surface area (Å²) in [5.74, 6) is 15.9. The lowest BCUT2D eigenvalue weighted by Gasteiger charge is -2.21. The molecule has 5 N–H and O–H groups in total. The smallest absolute Gasteiger partial charge is 0.391 e. The molecule has 0 bridgehead atoms.